The summed E-state index contributed by atoms with van der Waals surface area (Å²) in [6.45, 7) is 7.67. The minimum Gasteiger partial charge on any atom is -0.323 e. The molecule has 1 aromatic heterocycles. The number of aryl methyl sites for hydroxylation is 2. The number of carbonyl (C=O) groups excluding carboxylic acids is 3. The highest BCUT2D eigenvalue weighted by Gasteiger charge is 2.55. The Balaban J connectivity index is 1.59. The summed E-state index contributed by atoms with van der Waals surface area (Å²) < 4.78 is 2.03. The van der Waals surface area contributed by atoms with Gasteiger partial charge in [-0.25, -0.2) is 4.79 Å². The molecule has 2 heterocycles. The molecule has 0 bridgehead atoms. The largest absolute Gasteiger partial charge is 0.325 e. The van der Waals surface area contributed by atoms with Gasteiger partial charge in [0.05, 0.1) is 6.54 Å². The predicted octanol–water partition coefficient (Wildman–Crippen LogP) is 4.09. The molecule has 2 atom stereocenters. The number of aromatic nitrogens is 1. The van der Waals surface area contributed by atoms with Crippen molar-refractivity contribution < 1.29 is 14.4 Å². The van der Waals surface area contributed by atoms with E-state index in [2.05, 4.69) is 5.32 Å². The number of hydrogen-bond acceptors (Lipinski definition) is 3. The number of nitrogens with zero attached hydrogens (tertiary/aromatic N) is 2. The molecule has 1 aliphatic heterocycles. The number of carbonyl (C=O) groups is 3. The predicted molar refractivity (Wildman–Crippen MR) is 115 cm³/mol. The van der Waals surface area contributed by atoms with E-state index in [0.717, 1.165) is 41.2 Å². The van der Waals surface area contributed by atoms with Crippen LogP contribution >= 0.6 is 0 Å². The number of ketones is 1. The summed E-state index contributed by atoms with van der Waals surface area (Å²) in [4.78, 5) is 40.0. The lowest BCUT2D eigenvalue weighted by molar-refractivity contribution is -0.133. The van der Waals surface area contributed by atoms with Gasteiger partial charge < -0.3 is 9.88 Å². The molecule has 1 N–H and O–H groups in total. The van der Waals surface area contributed by atoms with E-state index >= 15 is 0 Å². The molecule has 158 valence electrons. The molecule has 1 aliphatic carbocycles. The van der Waals surface area contributed by atoms with Crippen molar-refractivity contribution in [2.24, 2.45) is 5.92 Å². The Morgan fingerprint density at radius 2 is 1.83 bits per heavy atom. The number of rotatable bonds is 4. The Hall–Kier alpha value is -2.89. The number of nitrogens with one attached hydrogen (secondary N) is 1. The molecule has 2 aromatic rings. The molecule has 1 saturated carbocycles. The number of imide groups is 1. The second-order valence-electron chi connectivity index (χ2n) is 8.82. The molecule has 2 fully saturated rings. The van der Waals surface area contributed by atoms with Crippen LogP contribution in [0, 0.1) is 26.7 Å². The molecule has 0 radical (unpaired) electrons. The van der Waals surface area contributed by atoms with Gasteiger partial charge in [0.1, 0.15) is 5.54 Å². The maximum atomic E-state index is 13.2. The van der Waals surface area contributed by atoms with E-state index in [1.165, 1.54) is 5.56 Å². The zero-order chi connectivity index (χ0) is 21.6. The highest BCUT2D eigenvalue weighted by atomic mass is 16.2. The number of hydrogen-bond donors (Lipinski definition) is 1. The standard InChI is InChI=1S/C24H29N3O3/c1-15-8-10-19(11-9-15)27-17(3)13-20(18(27)4)21(28)14-26-22(29)24(25-23(26)30)12-6-5-7-16(24)2/h8-11,13,16H,5-7,12,14H2,1-4H3,(H,25,30)/t16-,24+/m1/s1. The smallest absolute Gasteiger partial charge is 0.323 e. The number of amides is 3. The van der Waals surface area contributed by atoms with Crippen molar-refractivity contribution in [1.29, 1.82) is 0 Å². The molecule has 6 heteroatoms. The quantitative estimate of drug-likeness (QED) is 0.613. The lowest BCUT2D eigenvalue weighted by atomic mass is 9.73. The molecule has 3 amide bonds. The van der Waals surface area contributed by atoms with Crippen LogP contribution in [0.2, 0.25) is 0 Å². The highest BCUT2D eigenvalue weighted by molar-refractivity contribution is 6.11. The molecule has 1 aromatic carbocycles. The summed E-state index contributed by atoms with van der Waals surface area (Å²) in [6.07, 6.45) is 3.53. The maximum absolute atomic E-state index is 13.2. The van der Waals surface area contributed by atoms with Crippen LogP contribution < -0.4 is 5.32 Å². The first-order valence-electron chi connectivity index (χ1n) is 10.7. The van der Waals surface area contributed by atoms with Crippen LogP contribution in [-0.4, -0.2) is 39.3 Å². The van der Waals surface area contributed by atoms with Crippen molar-refractivity contribution in [3.05, 3.63) is 52.8 Å². The summed E-state index contributed by atoms with van der Waals surface area (Å²) in [5.41, 5.74) is 3.62. The topological polar surface area (TPSA) is 71.4 Å². The molecule has 30 heavy (non-hydrogen) atoms. The minimum absolute atomic E-state index is 0.0782. The molecule has 1 saturated heterocycles. The van der Waals surface area contributed by atoms with Gasteiger partial charge in [0.2, 0.25) is 0 Å². The minimum atomic E-state index is -0.839. The van der Waals surface area contributed by atoms with Crippen molar-refractivity contribution in [3.8, 4) is 5.69 Å². The normalized spacial score (nSPS) is 23.9. The van der Waals surface area contributed by atoms with Gasteiger partial charge in [-0.15, -0.1) is 0 Å². The van der Waals surface area contributed by atoms with Crippen molar-refractivity contribution in [2.45, 2.75) is 58.9 Å². The molecular weight excluding hydrogens is 378 g/mol. The summed E-state index contributed by atoms with van der Waals surface area (Å²) >= 11 is 0. The van der Waals surface area contributed by atoms with Gasteiger partial charge in [-0.05, 0) is 57.7 Å². The Bertz CT molecular complexity index is 1020. The van der Waals surface area contributed by atoms with E-state index in [1.54, 1.807) is 0 Å². The average Bonchev–Trinajstić information content (AvgIpc) is 3.13. The van der Waals surface area contributed by atoms with E-state index in [9.17, 15) is 14.4 Å². The number of Topliss-reactive ketones (excluding diaryl/α,β-unsaturated/α-hetero) is 1. The fourth-order valence-electron chi connectivity index (χ4n) is 5.00. The Morgan fingerprint density at radius 1 is 1.13 bits per heavy atom. The number of benzene rings is 1. The van der Waals surface area contributed by atoms with Gasteiger partial charge in [0, 0.05) is 22.6 Å². The first kappa shape index (κ1) is 20.4. The van der Waals surface area contributed by atoms with Crippen molar-refractivity contribution >= 4 is 17.7 Å². The molecule has 6 nitrogen and oxygen atoms in total. The van der Waals surface area contributed by atoms with Gasteiger partial charge in [0.15, 0.2) is 5.78 Å². The summed E-state index contributed by atoms with van der Waals surface area (Å²) in [6, 6.07) is 9.51. The second-order valence-corrected chi connectivity index (χ2v) is 8.82. The fraction of sp³-hybridized carbons (Fsp3) is 0.458. The molecule has 0 unspecified atom stereocenters. The first-order valence-corrected chi connectivity index (χ1v) is 10.7. The highest BCUT2D eigenvalue weighted by Crippen LogP contribution is 2.38. The van der Waals surface area contributed by atoms with Gasteiger partial charge in [0.25, 0.3) is 5.91 Å². The van der Waals surface area contributed by atoms with Gasteiger partial charge in [-0.2, -0.15) is 0 Å². The van der Waals surface area contributed by atoms with Gasteiger partial charge in [-0.1, -0.05) is 37.5 Å². The van der Waals surface area contributed by atoms with E-state index in [4.69, 9.17) is 0 Å². The van der Waals surface area contributed by atoms with Crippen LogP contribution in [0.1, 0.15) is 59.9 Å². The monoisotopic (exact) mass is 407 g/mol. The Labute approximate surface area is 177 Å². The third-order valence-corrected chi connectivity index (χ3v) is 6.83. The first-order chi connectivity index (χ1) is 14.2. The van der Waals surface area contributed by atoms with Crippen LogP contribution in [0.3, 0.4) is 0 Å². The van der Waals surface area contributed by atoms with Crippen LogP contribution in [0.25, 0.3) is 5.69 Å². The summed E-state index contributed by atoms with van der Waals surface area (Å²) in [5.74, 6) is -0.389. The lowest BCUT2D eigenvalue weighted by Crippen LogP contribution is -2.54. The third-order valence-electron chi connectivity index (χ3n) is 6.83. The molecule has 1 spiro atoms. The van der Waals surface area contributed by atoms with Gasteiger partial charge >= 0.3 is 6.03 Å². The van der Waals surface area contributed by atoms with E-state index in [1.807, 2.05) is 62.6 Å². The van der Waals surface area contributed by atoms with Crippen LogP contribution in [0.5, 0.6) is 0 Å². The van der Waals surface area contributed by atoms with E-state index in [0.29, 0.717) is 12.0 Å². The second kappa shape index (κ2) is 7.42. The van der Waals surface area contributed by atoms with Crippen molar-refractivity contribution in [3.63, 3.8) is 0 Å². The van der Waals surface area contributed by atoms with E-state index < -0.39 is 11.6 Å². The summed E-state index contributed by atoms with van der Waals surface area (Å²) in [7, 11) is 0. The van der Waals surface area contributed by atoms with E-state index in [-0.39, 0.29) is 24.2 Å². The Kier molecular flexibility index (Phi) is 5.04. The van der Waals surface area contributed by atoms with Crippen LogP contribution in [0.4, 0.5) is 4.79 Å². The molecule has 4 rings (SSSR count). The average molecular weight is 408 g/mol. The maximum Gasteiger partial charge on any atom is 0.325 e. The van der Waals surface area contributed by atoms with Crippen molar-refractivity contribution in [2.75, 3.05) is 6.54 Å². The van der Waals surface area contributed by atoms with Crippen LogP contribution in [0.15, 0.2) is 30.3 Å². The zero-order valence-corrected chi connectivity index (χ0v) is 18.1. The zero-order valence-electron chi connectivity index (χ0n) is 18.1. The van der Waals surface area contributed by atoms with Crippen LogP contribution in [-0.2, 0) is 4.79 Å². The van der Waals surface area contributed by atoms with Gasteiger partial charge in [-0.3, -0.25) is 14.5 Å². The number of urea groups is 1. The lowest BCUT2D eigenvalue weighted by Gasteiger charge is -2.36. The fourth-order valence-corrected chi connectivity index (χ4v) is 5.00. The summed E-state index contributed by atoms with van der Waals surface area (Å²) in [5, 5.41) is 2.92. The third kappa shape index (κ3) is 3.15. The molecular formula is C24H29N3O3. The Morgan fingerprint density at radius 3 is 2.50 bits per heavy atom. The SMILES string of the molecule is Cc1ccc(-n2c(C)cc(C(=O)CN3C(=O)N[C@]4(CCCC[C@H]4C)C3=O)c2C)cc1. The van der Waals surface area contributed by atoms with Crippen molar-refractivity contribution in [1.82, 2.24) is 14.8 Å². The molecule has 2 aliphatic rings.